The van der Waals surface area contributed by atoms with Gasteiger partial charge in [-0.1, -0.05) is 0 Å². The van der Waals surface area contributed by atoms with E-state index >= 15 is 0 Å². The lowest BCUT2D eigenvalue weighted by molar-refractivity contribution is -0.121. The Balaban J connectivity index is 2.63. The second-order valence-corrected chi connectivity index (χ2v) is 9.08. The highest BCUT2D eigenvalue weighted by molar-refractivity contribution is 9.11. The van der Waals surface area contributed by atoms with Gasteiger partial charge in [0.1, 0.15) is 0 Å². The topological polar surface area (TPSA) is 75.7 Å². The summed E-state index contributed by atoms with van der Waals surface area (Å²) in [7, 11) is -0.666. The lowest BCUT2D eigenvalue weighted by Gasteiger charge is -2.16. The van der Waals surface area contributed by atoms with E-state index in [0.29, 0.717) is 24.4 Å². The third-order valence-corrected chi connectivity index (χ3v) is 6.36. The molecule has 21 heavy (non-hydrogen) atoms. The molecule has 0 saturated heterocycles. The molecule has 0 fully saturated rings. The Morgan fingerprint density at radius 3 is 2.71 bits per heavy atom. The number of carbonyl (C=O) groups excluding carboxylic acids is 1. The molecule has 1 amide bonds. The predicted octanol–water partition coefficient (Wildman–Crippen LogP) is 1.59. The van der Waals surface area contributed by atoms with Crippen molar-refractivity contribution in [2.75, 3.05) is 33.9 Å². The average Bonchev–Trinajstić information content (AvgIpc) is 2.74. The number of thiophene rings is 1. The van der Waals surface area contributed by atoms with Crippen LogP contribution in [-0.2, 0) is 19.6 Å². The smallest absolute Gasteiger partial charge is 0.244 e. The fourth-order valence-electron chi connectivity index (χ4n) is 1.64. The zero-order valence-corrected chi connectivity index (χ0v) is 15.4. The van der Waals surface area contributed by atoms with Crippen molar-refractivity contribution in [1.82, 2.24) is 9.62 Å². The van der Waals surface area contributed by atoms with E-state index in [1.165, 1.54) is 18.4 Å². The van der Waals surface area contributed by atoms with Crippen molar-refractivity contribution in [2.24, 2.45) is 0 Å². The van der Waals surface area contributed by atoms with Crippen LogP contribution in [0, 0.1) is 6.92 Å². The Kier molecular flexibility index (Phi) is 7.28. The lowest BCUT2D eigenvalue weighted by atomic mass is 10.4. The van der Waals surface area contributed by atoms with E-state index in [0.717, 1.165) is 8.09 Å². The summed E-state index contributed by atoms with van der Waals surface area (Å²) >= 11 is 4.62. The van der Waals surface area contributed by atoms with Crippen molar-refractivity contribution in [3.05, 3.63) is 14.7 Å². The Bertz CT molecular complexity index is 586. The molecule has 1 aromatic rings. The largest absolute Gasteiger partial charge is 0.385 e. The van der Waals surface area contributed by atoms with Crippen LogP contribution in [0.2, 0.25) is 0 Å². The highest BCUT2D eigenvalue weighted by atomic mass is 79.9. The number of rotatable bonds is 8. The summed E-state index contributed by atoms with van der Waals surface area (Å²) in [5.74, 6) is -0.330. The first-order valence-electron chi connectivity index (χ1n) is 6.27. The second kappa shape index (κ2) is 8.23. The summed E-state index contributed by atoms with van der Waals surface area (Å²) < 4.78 is 31.5. The van der Waals surface area contributed by atoms with Gasteiger partial charge in [0.2, 0.25) is 15.9 Å². The number of methoxy groups -OCH3 is 1. The van der Waals surface area contributed by atoms with Gasteiger partial charge in [0.25, 0.3) is 0 Å². The number of ether oxygens (including phenoxy) is 1. The SMILES string of the molecule is COCCCNC(=O)CN(C)S(=O)(=O)c1cc(Br)sc1C. The van der Waals surface area contributed by atoms with Crippen molar-refractivity contribution in [2.45, 2.75) is 18.2 Å². The van der Waals surface area contributed by atoms with Gasteiger partial charge in [0.05, 0.1) is 15.2 Å². The first-order valence-corrected chi connectivity index (χ1v) is 9.32. The number of halogens is 1. The number of nitrogens with one attached hydrogen (secondary N) is 1. The first kappa shape index (κ1) is 18.6. The number of sulfonamides is 1. The Morgan fingerprint density at radius 2 is 2.19 bits per heavy atom. The first-order chi connectivity index (χ1) is 9.78. The normalized spacial score (nSPS) is 11.9. The molecule has 9 heteroatoms. The molecule has 6 nitrogen and oxygen atoms in total. The van der Waals surface area contributed by atoms with Crippen molar-refractivity contribution in [3.63, 3.8) is 0 Å². The van der Waals surface area contributed by atoms with Gasteiger partial charge in [-0.25, -0.2) is 8.42 Å². The second-order valence-electron chi connectivity index (χ2n) is 4.43. The van der Waals surface area contributed by atoms with Gasteiger partial charge in [-0.2, -0.15) is 4.31 Å². The maximum atomic E-state index is 12.4. The van der Waals surface area contributed by atoms with Crippen LogP contribution < -0.4 is 5.32 Å². The van der Waals surface area contributed by atoms with E-state index in [1.807, 2.05) is 0 Å². The third kappa shape index (κ3) is 5.33. The van der Waals surface area contributed by atoms with Crippen LogP contribution in [0.1, 0.15) is 11.3 Å². The van der Waals surface area contributed by atoms with E-state index < -0.39 is 10.0 Å². The van der Waals surface area contributed by atoms with E-state index in [1.54, 1.807) is 20.1 Å². The molecular weight excluding hydrogens is 380 g/mol. The monoisotopic (exact) mass is 398 g/mol. The Hall–Kier alpha value is -0.480. The van der Waals surface area contributed by atoms with Gasteiger partial charge < -0.3 is 10.1 Å². The molecule has 0 saturated carbocycles. The summed E-state index contributed by atoms with van der Waals surface area (Å²) in [6.07, 6.45) is 0.690. The predicted molar refractivity (Wildman–Crippen MR) is 86.1 cm³/mol. The molecule has 0 aliphatic rings. The molecule has 0 spiro atoms. The van der Waals surface area contributed by atoms with Crippen molar-refractivity contribution < 1.29 is 17.9 Å². The Morgan fingerprint density at radius 1 is 1.52 bits per heavy atom. The molecule has 1 heterocycles. The molecule has 1 N–H and O–H groups in total. The van der Waals surface area contributed by atoms with Crippen molar-refractivity contribution >= 4 is 43.2 Å². The van der Waals surface area contributed by atoms with Gasteiger partial charge in [0.15, 0.2) is 0 Å². The van der Waals surface area contributed by atoms with Crippen LogP contribution in [0.3, 0.4) is 0 Å². The summed E-state index contributed by atoms with van der Waals surface area (Å²) in [5, 5.41) is 2.66. The molecular formula is C12H19BrN2O4S2. The Labute approximate surface area is 137 Å². The minimum Gasteiger partial charge on any atom is -0.385 e. The van der Waals surface area contributed by atoms with E-state index in [4.69, 9.17) is 4.74 Å². The minimum absolute atomic E-state index is 0.206. The highest BCUT2D eigenvalue weighted by Crippen LogP contribution is 2.31. The van der Waals surface area contributed by atoms with Gasteiger partial charge in [-0.15, -0.1) is 11.3 Å². The highest BCUT2D eigenvalue weighted by Gasteiger charge is 2.26. The van der Waals surface area contributed by atoms with Crippen LogP contribution in [0.4, 0.5) is 0 Å². The zero-order valence-electron chi connectivity index (χ0n) is 12.2. The van der Waals surface area contributed by atoms with Gasteiger partial charge in [0, 0.05) is 32.2 Å². The fraction of sp³-hybridized carbons (Fsp3) is 0.583. The van der Waals surface area contributed by atoms with Crippen molar-refractivity contribution in [1.29, 1.82) is 0 Å². The summed E-state index contributed by atoms with van der Waals surface area (Å²) in [4.78, 5) is 12.6. The summed E-state index contributed by atoms with van der Waals surface area (Å²) in [6.45, 7) is 2.54. The molecule has 0 aliphatic heterocycles. The molecule has 0 aromatic carbocycles. The maximum Gasteiger partial charge on any atom is 0.244 e. The quantitative estimate of drug-likeness (QED) is 0.674. The molecule has 1 aromatic heterocycles. The number of carbonyl (C=O) groups is 1. The zero-order chi connectivity index (χ0) is 16.0. The third-order valence-electron chi connectivity index (χ3n) is 2.74. The average molecular weight is 399 g/mol. The number of nitrogens with zero attached hydrogens (tertiary/aromatic N) is 1. The molecule has 0 aliphatic carbocycles. The maximum absolute atomic E-state index is 12.4. The van der Waals surface area contributed by atoms with E-state index in [2.05, 4.69) is 21.2 Å². The number of hydrogen-bond donors (Lipinski definition) is 1. The van der Waals surface area contributed by atoms with Gasteiger partial charge in [-0.05, 0) is 35.3 Å². The van der Waals surface area contributed by atoms with Crippen LogP contribution in [0.15, 0.2) is 14.7 Å². The minimum atomic E-state index is -3.65. The van der Waals surface area contributed by atoms with Crippen molar-refractivity contribution in [3.8, 4) is 0 Å². The van der Waals surface area contributed by atoms with E-state index in [9.17, 15) is 13.2 Å². The van der Waals surface area contributed by atoms with Crippen LogP contribution in [0.5, 0.6) is 0 Å². The number of hydrogen-bond acceptors (Lipinski definition) is 5. The standard InChI is InChI=1S/C12H19BrN2O4S2/c1-9-10(7-11(13)20-9)21(17,18)15(2)8-12(16)14-5-4-6-19-3/h7H,4-6,8H2,1-3H3,(H,14,16). The van der Waals surface area contributed by atoms with Crippen LogP contribution in [-0.4, -0.2) is 52.5 Å². The summed E-state index contributed by atoms with van der Waals surface area (Å²) in [6, 6.07) is 1.56. The van der Waals surface area contributed by atoms with Crippen LogP contribution in [0.25, 0.3) is 0 Å². The molecule has 0 radical (unpaired) electrons. The number of aryl methyl sites for hydroxylation is 1. The molecule has 1 rings (SSSR count). The van der Waals surface area contributed by atoms with Gasteiger partial charge >= 0.3 is 0 Å². The molecule has 0 unspecified atom stereocenters. The van der Waals surface area contributed by atoms with Crippen LogP contribution >= 0.6 is 27.3 Å². The molecule has 120 valence electrons. The lowest BCUT2D eigenvalue weighted by Crippen LogP contribution is -2.38. The molecule has 0 bridgehead atoms. The van der Waals surface area contributed by atoms with E-state index in [-0.39, 0.29) is 17.3 Å². The number of likely N-dealkylation sites (N-methyl/N-ethyl adjacent to an activating group) is 1. The number of amides is 1. The fourth-order valence-corrected chi connectivity index (χ4v) is 5.15. The van der Waals surface area contributed by atoms with Gasteiger partial charge in [-0.3, -0.25) is 4.79 Å². The summed E-state index contributed by atoms with van der Waals surface area (Å²) in [5.41, 5.74) is 0. The molecule has 0 atom stereocenters.